The molecule has 0 radical (unpaired) electrons. The van der Waals surface area contributed by atoms with Gasteiger partial charge in [0.05, 0.1) is 17.8 Å². The molecule has 6 heteroatoms. The van der Waals surface area contributed by atoms with Gasteiger partial charge in [0.25, 0.3) is 0 Å². The molecule has 16 heavy (non-hydrogen) atoms. The highest BCUT2D eigenvalue weighted by atomic mass is 35.5. The fourth-order valence-electron chi connectivity index (χ4n) is 1.25. The van der Waals surface area contributed by atoms with E-state index in [1.54, 1.807) is 0 Å². The lowest BCUT2D eigenvalue weighted by atomic mass is 10.5. The minimum Gasteiger partial charge on any atom is -0.351 e. The lowest BCUT2D eigenvalue weighted by Gasteiger charge is -2.17. The van der Waals surface area contributed by atoms with Gasteiger partial charge in [0.2, 0.25) is 0 Å². The maximum Gasteiger partial charge on any atom is 0.347 e. The fraction of sp³-hybridized carbons (Fsp3) is 0.600. The van der Waals surface area contributed by atoms with Crippen LogP contribution < -0.4 is 5.69 Å². The topological polar surface area (TPSA) is 53.4 Å². The summed E-state index contributed by atoms with van der Waals surface area (Å²) in [6, 6.07) is 0. The van der Waals surface area contributed by atoms with Crippen LogP contribution in [0.1, 0.15) is 13.8 Å². The van der Waals surface area contributed by atoms with Crippen molar-refractivity contribution in [3.05, 3.63) is 27.9 Å². The Labute approximate surface area is 99.0 Å². The number of ether oxygens (including phenoxy) is 2. The Morgan fingerprint density at radius 3 is 2.62 bits per heavy atom. The Kier molecular flexibility index (Phi) is 5.45. The van der Waals surface area contributed by atoms with Gasteiger partial charge in [-0.25, -0.2) is 9.78 Å². The molecule has 0 aliphatic carbocycles. The van der Waals surface area contributed by atoms with Crippen LogP contribution in [0.25, 0.3) is 0 Å². The summed E-state index contributed by atoms with van der Waals surface area (Å²) in [5, 5.41) is 0.409. The number of rotatable bonds is 6. The van der Waals surface area contributed by atoms with Crippen molar-refractivity contribution in [3.63, 3.8) is 0 Å². The van der Waals surface area contributed by atoms with Crippen LogP contribution in [0.3, 0.4) is 0 Å². The monoisotopic (exact) mass is 246 g/mol. The normalized spacial score (nSPS) is 11.0. The van der Waals surface area contributed by atoms with Crippen molar-refractivity contribution < 1.29 is 9.47 Å². The molecule has 0 saturated heterocycles. The maximum atomic E-state index is 11.4. The molecule has 0 aliphatic rings. The van der Waals surface area contributed by atoms with Crippen LogP contribution in [0.4, 0.5) is 0 Å². The maximum absolute atomic E-state index is 11.4. The van der Waals surface area contributed by atoms with Gasteiger partial charge >= 0.3 is 5.69 Å². The van der Waals surface area contributed by atoms with E-state index in [0.29, 0.717) is 18.2 Å². The molecule has 0 spiro atoms. The van der Waals surface area contributed by atoms with Crippen molar-refractivity contribution in [2.24, 2.45) is 0 Å². The van der Waals surface area contributed by atoms with Crippen molar-refractivity contribution in [2.45, 2.75) is 26.7 Å². The Bertz CT molecular complexity index is 375. The quantitative estimate of drug-likeness (QED) is 0.710. The molecule has 0 aromatic carbocycles. The summed E-state index contributed by atoms with van der Waals surface area (Å²) in [6.07, 6.45) is 2.38. The van der Waals surface area contributed by atoms with Gasteiger partial charge in [-0.1, -0.05) is 11.6 Å². The van der Waals surface area contributed by atoms with Gasteiger partial charge in [0.1, 0.15) is 0 Å². The molecule has 0 aliphatic heterocycles. The standard InChI is InChI=1S/C10H15ClN2O3/c1-3-15-9(16-4-2)7-13-6-8(11)5-12-10(13)14/h5-6,9H,3-4,7H2,1-2H3. The summed E-state index contributed by atoms with van der Waals surface area (Å²) in [6.45, 7) is 5.06. The highest BCUT2D eigenvalue weighted by molar-refractivity contribution is 6.30. The van der Waals surface area contributed by atoms with Gasteiger partial charge in [-0.05, 0) is 13.8 Å². The molecule has 0 bridgehead atoms. The smallest absolute Gasteiger partial charge is 0.347 e. The molecule has 1 aromatic rings. The average molecular weight is 247 g/mol. The van der Waals surface area contributed by atoms with E-state index in [9.17, 15) is 4.79 Å². The van der Waals surface area contributed by atoms with Crippen LogP contribution in [-0.2, 0) is 16.0 Å². The molecule has 0 N–H and O–H groups in total. The molecule has 1 aromatic heterocycles. The number of nitrogens with zero attached hydrogens (tertiary/aromatic N) is 2. The largest absolute Gasteiger partial charge is 0.351 e. The van der Waals surface area contributed by atoms with Crippen molar-refractivity contribution in [1.29, 1.82) is 0 Å². The van der Waals surface area contributed by atoms with E-state index in [0.717, 1.165) is 0 Å². The highest BCUT2D eigenvalue weighted by Gasteiger charge is 2.10. The van der Waals surface area contributed by atoms with E-state index >= 15 is 0 Å². The number of hydrogen-bond donors (Lipinski definition) is 0. The van der Waals surface area contributed by atoms with Crippen molar-refractivity contribution >= 4 is 11.6 Å². The third kappa shape index (κ3) is 3.92. The van der Waals surface area contributed by atoms with Crippen LogP contribution >= 0.6 is 11.6 Å². The van der Waals surface area contributed by atoms with E-state index < -0.39 is 6.29 Å². The zero-order valence-corrected chi connectivity index (χ0v) is 10.1. The third-order valence-corrected chi connectivity index (χ3v) is 2.07. The van der Waals surface area contributed by atoms with Crippen molar-refractivity contribution in [1.82, 2.24) is 9.55 Å². The molecule has 90 valence electrons. The first kappa shape index (κ1) is 13.2. The Morgan fingerprint density at radius 2 is 2.06 bits per heavy atom. The first-order valence-corrected chi connectivity index (χ1v) is 5.50. The number of aromatic nitrogens is 2. The molecule has 0 saturated carbocycles. The Hall–Kier alpha value is -0.910. The summed E-state index contributed by atoms with van der Waals surface area (Å²) in [4.78, 5) is 15.0. The number of halogens is 1. The van der Waals surface area contributed by atoms with E-state index in [4.69, 9.17) is 21.1 Å². The zero-order chi connectivity index (χ0) is 12.0. The lowest BCUT2D eigenvalue weighted by molar-refractivity contribution is -0.144. The second kappa shape index (κ2) is 6.62. The molecule has 1 rings (SSSR count). The third-order valence-electron chi connectivity index (χ3n) is 1.87. The first-order valence-electron chi connectivity index (χ1n) is 5.12. The Balaban J connectivity index is 2.75. The van der Waals surface area contributed by atoms with Gasteiger partial charge in [0, 0.05) is 19.4 Å². The van der Waals surface area contributed by atoms with Crippen molar-refractivity contribution in [2.75, 3.05) is 13.2 Å². The first-order chi connectivity index (χ1) is 7.67. The summed E-state index contributed by atoms with van der Waals surface area (Å²) in [7, 11) is 0. The predicted octanol–water partition coefficient (Wildman–Crippen LogP) is 1.30. The number of hydrogen-bond acceptors (Lipinski definition) is 4. The minimum absolute atomic E-state index is 0.286. The second-order valence-electron chi connectivity index (χ2n) is 3.05. The van der Waals surface area contributed by atoms with Gasteiger partial charge < -0.3 is 9.47 Å². The van der Waals surface area contributed by atoms with Gasteiger partial charge in [0.15, 0.2) is 6.29 Å². The predicted molar refractivity (Wildman–Crippen MR) is 60.5 cm³/mol. The summed E-state index contributed by atoms with van der Waals surface area (Å²) >= 11 is 5.75. The minimum atomic E-state index is -0.451. The highest BCUT2D eigenvalue weighted by Crippen LogP contribution is 2.04. The van der Waals surface area contributed by atoms with E-state index in [2.05, 4.69) is 4.98 Å². The molecule has 0 unspecified atom stereocenters. The molecular weight excluding hydrogens is 232 g/mol. The summed E-state index contributed by atoms with van der Waals surface area (Å²) < 4.78 is 12.0. The van der Waals surface area contributed by atoms with Crippen LogP contribution in [0.15, 0.2) is 17.2 Å². The molecule has 0 atom stereocenters. The SMILES string of the molecule is CCOC(Cn1cc(Cl)cnc1=O)OCC. The van der Waals surface area contributed by atoms with Crippen molar-refractivity contribution in [3.8, 4) is 0 Å². The molecular formula is C10H15ClN2O3. The molecule has 0 amide bonds. The van der Waals surface area contributed by atoms with Gasteiger partial charge in [-0.2, -0.15) is 0 Å². The fourth-order valence-corrected chi connectivity index (χ4v) is 1.41. The zero-order valence-electron chi connectivity index (χ0n) is 9.35. The second-order valence-corrected chi connectivity index (χ2v) is 3.48. The summed E-state index contributed by atoms with van der Waals surface area (Å²) in [5.41, 5.74) is -0.367. The van der Waals surface area contributed by atoms with E-state index in [1.165, 1.54) is 17.0 Å². The van der Waals surface area contributed by atoms with E-state index in [-0.39, 0.29) is 12.2 Å². The van der Waals surface area contributed by atoms with E-state index in [1.807, 2.05) is 13.8 Å². The lowest BCUT2D eigenvalue weighted by Crippen LogP contribution is -2.31. The molecule has 5 nitrogen and oxygen atoms in total. The molecule has 0 fully saturated rings. The van der Waals surface area contributed by atoms with Gasteiger partial charge in [-0.15, -0.1) is 0 Å². The summed E-state index contributed by atoms with van der Waals surface area (Å²) in [5.74, 6) is 0. The van der Waals surface area contributed by atoms with Gasteiger partial charge in [-0.3, -0.25) is 4.57 Å². The molecule has 1 heterocycles. The van der Waals surface area contributed by atoms with Crippen LogP contribution in [0.5, 0.6) is 0 Å². The van der Waals surface area contributed by atoms with Crippen LogP contribution in [-0.4, -0.2) is 29.1 Å². The Morgan fingerprint density at radius 1 is 1.44 bits per heavy atom. The van der Waals surface area contributed by atoms with Crippen LogP contribution in [0.2, 0.25) is 5.02 Å². The average Bonchev–Trinajstić information content (AvgIpc) is 2.24. The van der Waals surface area contributed by atoms with Crippen LogP contribution in [0, 0.1) is 0 Å².